The van der Waals surface area contributed by atoms with Gasteiger partial charge in [0.1, 0.15) is 5.75 Å². The Morgan fingerprint density at radius 3 is 2.41 bits per heavy atom. The highest BCUT2D eigenvalue weighted by atomic mass is 35.5. The van der Waals surface area contributed by atoms with Crippen LogP contribution in [0, 0.1) is 0 Å². The molecule has 1 aromatic carbocycles. The molecule has 1 aromatic heterocycles. The van der Waals surface area contributed by atoms with E-state index in [0.29, 0.717) is 0 Å². The normalized spacial score (nSPS) is 10.6. The van der Waals surface area contributed by atoms with Crippen molar-refractivity contribution in [1.82, 2.24) is 9.97 Å². The minimum atomic E-state index is 0.175. The van der Waals surface area contributed by atoms with Crippen LogP contribution in [0.1, 0.15) is 13.8 Å². The Morgan fingerprint density at radius 2 is 1.82 bits per heavy atom. The van der Waals surface area contributed by atoms with E-state index in [1.165, 1.54) is 0 Å². The zero-order chi connectivity index (χ0) is 12.3. The van der Waals surface area contributed by atoms with Crippen LogP contribution < -0.4 is 4.74 Å². The number of hydrogen-bond acceptors (Lipinski definition) is 3. The van der Waals surface area contributed by atoms with E-state index in [0.717, 1.165) is 17.0 Å². The Balaban J connectivity index is 2.23. The molecule has 0 aliphatic heterocycles. The fourth-order valence-corrected chi connectivity index (χ4v) is 1.62. The molecule has 4 heteroatoms. The average molecular weight is 249 g/mol. The molecular formula is C13H13ClN2O. The Labute approximate surface area is 105 Å². The van der Waals surface area contributed by atoms with E-state index in [9.17, 15) is 0 Å². The average Bonchev–Trinajstić information content (AvgIpc) is 2.29. The molecule has 88 valence electrons. The van der Waals surface area contributed by atoms with Gasteiger partial charge in [0.2, 0.25) is 5.28 Å². The lowest BCUT2D eigenvalue weighted by Gasteiger charge is -2.09. The summed E-state index contributed by atoms with van der Waals surface area (Å²) in [5, 5.41) is 0.255. The Morgan fingerprint density at radius 1 is 1.12 bits per heavy atom. The minimum absolute atomic E-state index is 0.175. The molecule has 0 aliphatic carbocycles. The van der Waals surface area contributed by atoms with Crippen molar-refractivity contribution in [2.45, 2.75) is 20.0 Å². The molecule has 0 radical (unpaired) electrons. The predicted octanol–water partition coefficient (Wildman–Crippen LogP) is 3.58. The van der Waals surface area contributed by atoms with Crippen molar-refractivity contribution in [3.8, 4) is 17.0 Å². The SMILES string of the molecule is CC(C)Oc1ccc(-c2ccnc(Cl)n2)cc1. The van der Waals surface area contributed by atoms with Crippen LogP contribution in [0.2, 0.25) is 5.28 Å². The van der Waals surface area contributed by atoms with Gasteiger partial charge in [0, 0.05) is 11.8 Å². The quantitative estimate of drug-likeness (QED) is 0.779. The van der Waals surface area contributed by atoms with Gasteiger partial charge >= 0.3 is 0 Å². The van der Waals surface area contributed by atoms with Crippen LogP contribution in [-0.2, 0) is 0 Å². The standard InChI is InChI=1S/C13H13ClN2O/c1-9(2)17-11-5-3-10(4-6-11)12-7-8-15-13(14)16-12/h3-9H,1-2H3. The summed E-state index contributed by atoms with van der Waals surface area (Å²) >= 11 is 5.75. The van der Waals surface area contributed by atoms with Gasteiger partial charge in [-0.05, 0) is 55.8 Å². The summed E-state index contributed by atoms with van der Waals surface area (Å²) in [7, 11) is 0. The molecule has 0 N–H and O–H groups in total. The molecule has 0 atom stereocenters. The minimum Gasteiger partial charge on any atom is -0.491 e. The van der Waals surface area contributed by atoms with Crippen molar-refractivity contribution in [3.05, 3.63) is 41.8 Å². The number of ether oxygens (including phenoxy) is 1. The fourth-order valence-electron chi connectivity index (χ4n) is 1.47. The maximum atomic E-state index is 5.75. The maximum Gasteiger partial charge on any atom is 0.222 e. The first-order valence-electron chi connectivity index (χ1n) is 5.41. The van der Waals surface area contributed by atoms with Gasteiger partial charge in [-0.15, -0.1) is 0 Å². The van der Waals surface area contributed by atoms with E-state index >= 15 is 0 Å². The van der Waals surface area contributed by atoms with Crippen molar-refractivity contribution >= 4 is 11.6 Å². The van der Waals surface area contributed by atoms with Gasteiger partial charge in [0.15, 0.2) is 0 Å². The van der Waals surface area contributed by atoms with Gasteiger partial charge in [0.05, 0.1) is 11.8 Å². The van der Waals surface area contributed by atoms with E-state index in [4.69, 9.17) is 16.3 Å². The van der Waals surface area contributed by atoms with Crippen molar-refractivity contribution < 1.29 is 4.74 Å². The van der Waals surface area contributed by atoms with Crippen LogP contribution in [-0.4, -0.2) is 16.1 Å². The van der Waals surface area contributed by atoms with Crippen LogP contribution in [0.5, 0.6) is 5.75 Å². The largest absolute Gasteiger partial charge is 0.491 e. The molecule has 2 aromatic rings. The van der Waals surface area contributed by atoms with Gasteiger partial charge in [0.25, 0.3) is 0 Å². The Hall–Kier alpha value is -1.61. The molecule has 0 amide bonds. The summed E-state index contributed by atoms with van der Waals surface area (Å²) in [6.07, 6.45) is 1.82. The number of aromatic nitrogens is 2. The summed E-state index contributed by atoms with van der Waals surface area (Å²) in [5.74, 6) is 0.851. The van der Waals surface area contributed by atoms with Gasteiger partial charge in [-0.25, -0.2) is 9.97 Å². The highest BCUT2D eigenvalue weighted by molar-refractivity contribution is 6.28. The number of rotatable bonds is 3. The number of nitrogens with zero attached hydrogens (tertiary/aromatic N) is 2. The lowest BCUT2D eigenvalue weighted by molar-refractivity contribution is 0.242. The van der Waals surface area contributed by atoms with E-state index in [1.54, 1.807) is 6.20 Å². The molecule has 0 spiro atoms. The third-order valence-corrected chi connectivity index (χ3v) is 2.33. The summed E-state index contributed by atoms with van der Waals surface area (Å²) in [6, 6.07) is 9.58. The highest BCUT2D eigenvalue weighted by Gasteiger charge is 2.02. The molecule has 1 heterocycles. The zero-order valence-corrected chi connectivity index (χ0v) is 10.5. The second kappa shape index (κ2) is 5.15. The van der Waals surface area contributed by atoms with E-state index in [1.807, 2.05) is 44.2 Å². The number of benzene rings is 1. The summed E-state index contributed by atoms with van der Waals surface area (Å²) in [6.45, 7) is 4.00. The van der Waals surface area contributed by atoms with Crippen molar-refractivity contribution in [1.29, 1.82) is 0 Å². The van der Waals surface area contributed by atoms with Crippen LogP contribution in [0.4, 0.5) is 0 Å². The summed E-state index contributed by atoms with van der Waals surface area (Å²) in [4.78, 5) is 8.00. The third kappa shape index (κ3) is 3.17. The summed E-state index contributed by atoms with van der Waals surface area (Å²) < 4.78 is 5.57. The number of hydrogen-bond donors (Lipinski definition) is 0. The van der Waals surface area contributed by atoms with Crippen LogP contribution >= 0.6 is 11.6 Å². The van der Waals surface area contributed by atoms with E-state index < -0.39 is 0 Å². The predicted molar refractivity (Wildman–Crippen MR) is 68.2 cm³/mol. The molecule has 0 bridgehead atoms. The van der Waals surface area contributed by atoms with E-state index in [-0.39, 0.29) is 11.4 Å². The first kappa shape index (κ1) is 11.9. The van der Waals surface area contributed by atoms with Gasteiger partial charge in [-0.2, -0.15) is 0 Å². The number of halogens is 1. The van der Waals surface area contributed by atoms with Gasteiger partial charge < -0.3 is 4.74 Å². The fraction of sp³-hybridized carbons (Fsp3) is 0.231. The van der Waals surface area contributed by atoms with Crippen LogP contribution in [0.15, 0.2) is 36.5 Å². The molecule has 3 nitrogen and oxygen atoms in total. The summed E-state index contributed by atoms with van der Waals surface area (Å²) in [5.41, 5.74) is 1.80. The van der Waals surface area contributed by atoms with Crippen LogP contribution in [0.25, 0.3) is 11.3 Å². The van der Waals surface area contributed by atoms with Crippen molar-refractivity contribution in [2.75, 3.05) is 0 Å². The van der Waals surface area contributed by atoms with Gasteiger partial charge in [-0.3, -0.25) is 0 Å². The van der Waals surface area contributed by atoms with Crippen molar-refractivity contribution in [3.63, 3.8) is 0 Å². The molecular weight excluding hydrogens is 236 g/mol. The molecule has 0 aliphatic rings. The monoisotopic (exact) mass is 248 g/mol. The van der Waals surface area contributed by atoms with Crippen molar-refractivity contribution in [2.24, 2.45) is 0 Å². The molecule has 2 rings (SSSR count). The van der Waals surface area contributed by atoms with Gasteiger partial charge in [-0.1, -0.05) is 0 Å². The maximum absolute atomic E-state index is 5.75. The molecule has 0 saturated heterocycles. The molecule has 17 heavy (non-hydrogen) atoms. The lowest BCUT2D eigenvalue weighted by Crippen LogP contribution is -2.05. The Bertz CT molecular complexity index is 497. The topological polar surface area (TPSA) is 35.0 Å². The Kier molecular flexibility index (Phi) is 3.59. The second-order valence-corrected chi connectivity index (χ2v) is 4.24. The lowest BCUT2D eigenvalue weighted by atomic mass is 10.1. The van der Waals surface area contributed by atoms with E-state index in [2.05, 4.69) is 9.97 Å². The molecule has 0 saturated carbocycles. The zero-order valence-electron chi connectivity index (χ0n) is 9.72. The first-order valence-corrected chi connectivity index (χ1v) is 5.78. The highest BCUT2D eigenvalue weighted by Crippen LogP contribution is 2.21. The first-order chi connectivity index (χ1) is 8.15. The third-order valence-electron chi connectivity index (χ3n) is 2.15. The second-order valence-electron chi connectivity index (χ2n) is 3.90. The smallest absolute Gasteiger partial charge is 0.222 e. The van der Waals surface area contributed by atoms with Crippen LogP contribution in [0.3, 0.4) is 0 Å². The molecule has 0 fully saturated rings. The molecule has 0 unspecified atom stereocenters.